The number of aryl methyl sites for hydroxylation is 2. The van der Waals surface area contributed by atoms with Crippen LogP contribution in [0.2, 0.25) is 0 Å². The molecule has 0 saturated carbocycles. The maximum absolute atomic E-state index is 13.7. The van der Waals surface area contributed by atoms with Crippen molar-refractivity contribution in [3.63, 3.8) is 0 Å². The molecular formula is C26H25N3O4S. The summed E-state index contributed by atoms with van der Waals surface area (Å²) < 4.78 is 34.9. The number of carbonyl (C=O) groups excluding carboxylic acids is 1. The Bertz CT molecular complexity index is 1380. The van der Waals surface area contributed by atoms with E-state index in [1.165, 1.54) is 4.31 Å². The van der Waals surface area contributed by atoms with Crippen LogP contribution in [0.25, 0.3) is 11.3 Å². The fourth-order valence-corrected chi connectivity index (χ4v) is 5.56. The molecule has 1 aromatic heterocycles. The molecular weight excluding hydrogens is 450 g/mol. The molecule has 0 saturated heterocycles. The van der Waals surface area contributed by atoms with Gasteiger partial charge >= 0.3 is 0 Å². The van der Waals surface area contributed by atoms with Gasteiger partial charge in [0.25, 0.3) is 10.0 Å². The minimum atomic E-state index is -3.89. The van der Waals surface area contributed by atoms with Crippen LogP contribution in [0.1, 0.15) is 30.5 Å². The van der Waals surface area contributed by atoms with Crippen LogP contribution < -0.4 is 9.04 Å². The molecule has 0 fully saturated rings. The Morgan fingerprint density at radius 2 is 1.94 bits per heavy atom. The van der Waals surface area contributed by atoms with E-state index >= 15 is 0 Å². The Hall–Kier alpha value is -3.70. The summed E-state index contributed by atoms with van der Waals surface area (Å²) >= 11 is 0. The molecule has 0 unspecified atom stereocenters. The van der Waals surface area contributed by atoms with Crippen LogP contribution in [0.4, 0.5) is 5.69 Å². The summed E-state index contributed by atoms with van der Waals surface area (Å²) in [5.74, 6) is 0.238. The van der Waals surface area contributed by atoms with Gasteiger partial charge in [0.15, 0.2) is 0 Å². The van der Waals surface area contributed by atoms with Gasteiger partial charge in [-0.05, 0) is 68.3 Å². The van der Waals surface area contributed by atoms with Crippen molar-refractivity contribution in [1.29, 1.82) is 5.26 Å². The molecule has 1 atom stereocenters. The molecule has 1 aliphatic rings. The molecule has 174 valence electrons. The largest absolute Gasteiger partial charge is 0.486 e. The zero-order valence-corrected chi connectivity index (χ0v) is 19.9. The number of fused-ring (bicyclic) bond motifs is 1. The molecule has 0 N–H and O–H groups in total. The van der Waals surface area contributed by atoms with Crippen LogP contribution in [0.5, 0.6) is 5.75 Å². The number of aromatic nitrogens is 1. The zero-order chi connectivity index (χ0) is 24.3. The van der Waals surface area contributed by atoms with Gasteiger partial charge in [-0.3, -0.25) is 14.1 Å². The third-order valence-corrected chi connectivity index (χ3v) is 7.45. The van der Waals surface area contributed by atoms with Crippen LogP contribution >= 0.6 is 0 Å². The number of benzene rings is 2. The molecule has 0 bridgehead atoms. The number of carbonyl (C=O) groups is 1. The fraction of sp³-hybridized carbons (Fsp3) is 0.269. The maximum atomic E-state index is 13.7. The van der Waals surface area contributed by atoms with E-state index < -0.39 is 16.1 Å². The predicted molar refractivity (Wildman–Crippen MR) is 129 cm³/mol. The van der Waals surface area contributed by atoms with Crippen LogP contribution in [0, 0.1) is 25.2 Å². The zero-order valence-electron chi connectivity index (χ0n) is 19.1. The smallest absolute Gasteiger partial charge is 0.264 e. The van der Waals surface area contributed by atoms with E-state index in [0.717, 1.165) is 22.5 Å². The van der Waals surface area contributed by atoms with E-state index in [1.807, 2.05) is 50.2 Å². The molecule has 3 aromatic rings. The highest BCUT2D eigenvalue weighted by molar-refractivity contribution is 7.92. The third kappa shape index (κ3) is 4.95. The second-order valence-corrected chi connectivity index (χ2v) is 10.2. The van der Waals surface area contributed by atoms with Crippen molar-refractivity contribution in [2.24, 2.45) is 0 Å². The molecule has 34 heavy (non-hydrogen) atoms. The van der Waals surface area contributed by atoms with Crippen molar-refractivity contribution in [2.45, 2.75) is 44.1 Å². The quantitative estimate of drug-likeness (QED) is 0.496. The lowest BCUT2D eigenvalue weighted by molar-refractivity contribution is -0.118. The lowest BCUT2D eigenvalue weighted by Gasteiger charge is -2.36. The standard InChI is InChI=1S/C26H25N3O4S/c1-18-5-3-7-23(15-18)34(31,32)29-17-22(11-10-21(30)13-14-27)33-26-12-9-20(16-25(26)29)24-8-4-6-19(2)28-24/h3-9,12,15-16,22H,10-11,13,17H2,1-2H3/t22-/m0/s1. The van der Waals surface area contributed by atoms with Gasteiger partial charge in [0.1, 0.15) is 17.6 Å². The normalized spacial score (nSPS) is 15.2. The Labute approximate surface area is 199 Å². The predicted octanol–water partition coefficient (Wildman–Crippen LogP) is 4.58. The first kappa shape index (κ1) is 23.5. The van der Waals surface area contributed by atoms with E-state index in [0.29, 0.717) is 17.9 Å². The summed E-state index contributed by atoms with van der Waals surface area (Å²) in [4.78, 5) is 16.6. The van der Waals surface area contributed by atoms with Gasteiger partial charge in [0.2, 0.25) is 0 Å². The summed E-state index contributed by atoms with van der Waals surface area (Å²) in [6, 6.07) is 19.7. The number of hydrogen-bond donors (Lipinski definition) is 0. The average Bonchev–Trinajstić information content (AvgIpc) is 2.82. The highest BCUT2D eigenvalue weighted by Crippen LogP contribution is 2.40. The minimum absolute atomic E-state index is 0.0633. The summed E-state index contributed by atoms with van der Waals surface area (Å²) in [6.45, 7) is 3.81. The van der Waals surface area contributed by atoms with Crippen LogP contribution in [0.3, 0.4) is 0 Å². The number of sulfonamides is 1. The van der Waals surface area contributed by atoms with Crippen molar-refractivity contribution in [3.05, 3.63) is 71.9 Å². The van der Waals surface area contributed by atoms with E-state index in [1.54, 1.807) is 30.3 Å². The summed E-state index contributed by atoms with van der Waals surface area (Å²) in [6.07, 6.45) is -0.211. The number of nitriles is 1. The molecule has 4 rings (SSSR count). The molecule has 7 nitrogen and oxygen atoms in total. The molecule has 0 spiro atoms. The highest BCUT2D eigenvalue weighted by Gasteiger charge is 2.35. The number of Topliss-reactive ketones (excluding diaryl/α,β-unsaturated/α-hetero) is 1. The first-order valence-electron chi connectivity index (χ1n) is 11.0. The van der Waals surface area contributed by atoms with Crippen LogP contribution in [0.15, 0.2) is 65.6 Å². The SMILES string of the molecule is Cc1cccc(S(=O)(=O)N2C[C@H](CCC(=O)CC#N)Oc3ccc(-c4cccc(C)n4)cc32)c1. The topological polar surface area (TPSA) is 100 Å². The first-order valence-corrected chi connectivity index (χ1v) is 12.4. The van der Waals surface area contributed by atoms with Crippen LogP contribution in [-0.4, -0.2) is 31.8 Å². The van der Waals surface area contributed by atoms with Gasteiger partial charge in [0, 0.05) is 17.7 Å². The maximum Gasteiger partial charge on any atom is 0.264 e. The van der Waals surface area contributed by atoms with E-state index in [4.69, 9.17) is 10.00 Å². The molecule has 1 aliphatic heterocycles. The van der Waals surface area contributed by atoms with Gasteiger partial charge < -0.3 is 4.74 Å². The first-order chi connectivity index (χ1) is 16.3. The van der Waals surface area contributed by atoms with Crippen molar-refractivity contribution < 1.29 is 17.9 Å². The van der Waals surface area contributed by atoms with Gasteiger partial charge in [-0.25, -0.2) is 8.42 Å². The minimum Gasteiger partial charge on any atom is -0.486 e. The van der Waals surface area contributed by atoms with E-state index in [2.05, 4.69) is 4.98 Å². The number of rotatable bonds is 7. The Kier molecular flexibility index (Phi) is 6.66. The second kappa shape index (κ2) is 9.65. The van der Waals surface area contributed by atoms with Gasteiger partial charge in [-0.2, -0.15) is 5.26 Å². The van der Waals surface area contributed by atoms with Crippen molar-refractivity contribution in [2.75, 3.05) is 10.8 Å². The summed E-state index contributed by atoms with van der Waals surface area (Å²) in [7, 11) is -3.89. The lowest BCUT2D eigenvalue weighted by Crippen LogP contribution is -2.43. The number of hydrogen-bond acceptors (Lipinski definition) is 6. The Balaban J connectivity index is 1.75. The van der Waals surface area contributed by atoms with Crippen LogP contribution in [-0.2, 0) is 14.8 Å². The fourth-order valence-electron chi connectivity index (χ4n) is 3.95. The van der Waals surface area contributed by atoms with Crippen molar-refractivity contribution in [3.8, 4) is 23.1 Å². The molecule has 0 radical (unpaired) electrons. The summed E-state index contributed by atoms with van der Waals surface area (Å²) in [5, 5.41) is 8.74. The molecule has 2 aromatic carbocycles. The monoisotopic (exact) mass is 475 g/mol. The molecule has 2 heterocycles. The van der Waals surface area contributed by atoms with Crippen molar-refractivity contribution >= 4 is 21.5 Å². The van der Waals surface area contributed by atoms with Crippen molar-refractivity contribution in [1.82, 2.24) is 4.98 Å². The lowest BCUT2D eigenvalue weighted by atomic mass is 10.1. The Morgan fingerprint density at radius 3 is 2.68 bits per heavy atom. The van der Waals surface area contributed by atoms with Gasteiger partial charge in [-0.1, -0.05) is 18.2 Å². The van der Waals surface area contributed by atoms with Gasteiger partial charge in [0.05, 0.1) is 35.3 Å². The van der Waals surface area contributed by atoms with Gasteiger partial charge in [-0.15, -0.1) is 0 Å². The third-order valence-electron chi connectivity index (χ3n) is 5.67. The van der Waals surface area contributed by atoms with E-state index in [9.17, 15) is 13.2 Å². The number of ketones is 1. The highest BCUT2D eigenvalue weighted by atomic mass is 32.2. The average molecular weight is 476 g/mol. The number of nitrogens with zero attached hydrogens (tertiary/aromatic N) is 3. The number of ether oxygens (including phenoxy) is 1. The molecule has 8 heteroatoms. The molecule has 0 amide bonds. The summed E-state index contributed by atoms with van der Waals surface area (Å²) in [5.41, 5.74) is 3.64. The number of pyridine rings is 1. The molecule has 0 aliphatic carbocycles. The Morgan fingerprint density at radius 1 is 1.15 bits per heavy atom. The van der Waals surface area contributed by atoms with E-state index in [-0.39, 0.29) is 30.1 Å². The number of anilines is 1. The second-order valence-electron chi connectivity index (χ2n) is 8.35.